The van der Waals surface area contributed by atoms with Crippen LogP contribution in [0, 0.1) is 5.82 Å². The van der Waals surface area contributed by atoms with E-state index in [-0.39, 0.29) is 16.3 Å². The number of halogens is 2. The van der Waals surface area contributed by atoms with Crippen LogP contribution in [0.15, 0.2) is 53.4 Å². The zero-order valence-corrected chi connectivity index (χ0v) is 13.4. The number of hydrogen-bond donors (Lipinski definition) is 2. The number of nitrogens with two attached hydrogens (primary N) is 1. The van der Waals surface area contributed by atoms with Crippen LogP contribution in [-0.2, 0) is 21.2 Å². The van der Waals surface area contributed by atoms with Crippen LogP contribution in [0.2, 0.25) is 5.02 Å². The summed E-state index contributed by atoms with van der Waals surface area (Å²) < 4.78 is 40.0. The first-order valence-electron chi connectivity index (χ1n) is 6.60. The maximum atomic E-state index is 13.1. The van der Waals surface area contributed by atoms with Gasteiger partial charge >= 0.3 is 0 Å². The van der Waals surface area contributed by atoms with E-state index in [4.69, 9.17) is 17.3 Å². The monoisotopic (exact) mass is 356 g/mol. The van der Waals surface area contributed by atoms with Gasteiger partial charge in [-0.05, 0) is 30.2 Å². The zero-order valence-electron chi connectivity index (χ0n) is 11.9. The highest BCUT2D eigenvalue weighted by atomic mass is 35.5. The molecular weight excluding hydrogens is 343 g/mol. The molecule has 3 N–H and O–H groups in total. The predicted octanol–water partition coefficient (Wildman–Crippen LogP) is 1.85. The number of carbonyl (C=O) groups is 1. The SMILES string of the molecule is NC(=O)C(Cc1ccccc1)NS(=O)(=O)c1ccc(F)c(Cl)c1. The Kier molecular flexibility index (Phi) is 5.35. The first kappa shape index (κ1) is 17.4. The number of amides is 1. The fraction of sp³-hybridized carbons (Fsp3) is 0.133. The topological polar surface area (TPSA) is 89.3 Å². The number of primary amides is 1. The van der Waals surface area contributed by atoms with Gasteiger partial charge in [-0.2, -0.15) is 4.72 Å². The molecule has 122 valence electrons. The maximum Gasteiger partial charge on any atom is 0.241 e. The molecule has 0 bridgehead atoms. The maximum absolute atomic E-state index is 13.1. The molecule has 0 aromatic heterocycles. The normalized spacial score (nSPS) is 12.8. The van der Waals surface area contributed by atoms with Gasteiger partial charge in [0, 0.05) is 0 Å². The molecule has 2 aromatic rings. The third-order valence-corrected chi connectivity index (χ3v) is 4.88. The molecule has 2 rings (SSSR count). The molecule has 0 fully saturated rings. The molecule has 1 unspecified atom stereocenters. The van der Waals surface area contributed by atoms with E-state index in [9.17, 15) is 17.6 Å². The molecule has 0 saturated carbocycles. The Morgan fingerprint density at radius 1 is 1.22 bits per heavy atom. The number of rotatable bonds is 6. The minimum Gasteiger partial charge on any atom is -0.368 e. The van der Waals surface area contributed by atoms with Crippen LogP contribution in [0.1, 0.15) is 5.56 Å². The van der Waals surface area contributed by atoms with Crippen LogP contribution in [0.4, 0.5) is 4.39 Å². The summed E-state index contributed by atoms with van der Waals surface area (Å²) in [5.74, 6) is -1.55. The van der Waals surface area contributed by atoms with E-state index >= 15 is 0 Å². The lowest BCUT2D eigenvalue weighted by atomic mass is 10.1. The fourth-order valence-corrected chi connectivity index (χ4v) is 3.43. The molecule has 0 saturated heterocycles. The first-order valence-corrected chi connectivity index (χ1v) is 8.46. The summed E-state index contributed by atoms with van der Waals surface area (Å²) in [4.78, 5) is 11.3. The highest BCUT2D eigenvalue weighted by Crippen LogP contribution is 2.19. The van der Waals surface area contributed by atoms with Crippen molar-refractivity contribution in [3.63, 3.8) is 0 Å². The van der Waals surface area contributed by atoms with Crippen LogP contribution < -0.4 is 10.5 Å². The highest BCUT2D eigenvalue weighted by molar-refractivity contribution is 7.89. The van der Waals surface area contributed by atoms with E-state index in [1.807, 2.05) is 0 Å². The lowest BCUT2D eigenvalue weighted by Gasteiger charge is -2.16. The number of carbonyl (C=O) groups excluding carboxylic acids is 1. The second kappa shape index (κ2) is 7.08. The van der Waals surface area contributed by atoms with Gasteiger partial charge in [-0.15, -0.1) is 0 Å². The average molecular weight is 357 g/mol. The van der Waals surface area contributed by atoms with E-state index in [2.05, 4.69) is 4.72 Å². The summed E-state index contributed by atoms with van der Waals surface area (Å²) in [5, 5.41) is -0.327. The van der Waals surface area contributed by atoms with Crippen LogP contribution in [0.3, 0.4) is 0 Å². The summed E-state index contributed by atoms with van der Waals surface area (Å²) in [6.07, 6.45) is 0.102. The number of benzene rings is 2. The van der Waals surface area contributed by atoms with Gasteiger partial charge in [0.15, 0.2) is 0 Å². The molecule has 0 heterocycles. The van der Waals surface area contributed by atoms with E-state index in [0.717, 1.165) is 23.8 Å². The molecule has 0 aliphatic rings. The molecule has 1 atom stereocenters. The summed E-state index contributed by atoms with van der Waals surface area (Å²) in [7, 11) is -4.07. The lowest BCUT2D eigenvalue weighted by Crippen LogP contribution is -2.45. The van der Waals surface area contributed by atoms with Crippen molar-refractivity contribution in [2.45, 2.75) is 17.4 Å². The van der Waals surface area contributed by atoms with Gasteiger partial charge < -0.3 is 5.73 Å². The second-order valence-corrected chi connectivity index (χ2v) is 6.96. The van der Waals surface area contributed by atoms with Gasteiger partial charge in [-0.25, -0.2) is 12.8 Å². The molecule has 1 amide bonds. The van der Waals surface area contributed by atoms with Gasteiger partial charge in [0.25, 0.3) is 0 Å². The standard InChI is InChI=1S/C15H14ClFN2O3S/c16-12-9-11(6-7-13(12)17)23(21,22)19-14(15(18)20)8-10-4-2-1-3-5-10/h1-7,9,14,19H,8H2,(H2,18,20). The number of sulfonamides is 1. The van der Waals surface area contributed by atoms with Crippen molar-refractivity contribution in [1.29, 1.82) is 0 Å². The molecule has 23 heavy (non-hydrogen) atoms. The zero-order chi connectivity index (χ0) is 17.0. The van der Waals surface area contributed by atoms with Crippen LogP contribution in [0.25, 0.3) is 0 Å². The third kappa shape index (κ3) is 4.51. The van der Waals surface area contributed by atoms with Crippen LogP contribution in [0.5, 0.6) is 0 Å². The summed E-state index contributed by atoms with van der Waals surface area (Å²) >= 11 is 5.59. The number of nitrogens with one attached hydrogen (secondary N) is 1. The lowest BCUT2D eigenvalue weighted by molar-refractivity contribution is -0.119. The summed E-state index contributed by atoms with van der Waals surface area (Å²) in [6, 6.07) is 10.7. The van der Waals surface area contributed by atoms with Crippen molar-refractivity contribution in [3.05, 3.63) is 64.9 Å². The molecular formula is C15H14ClFN2O3S. The Hall–Kier alpha value is -1.96. The summed E-state index contributed by atoms with van der Waals surface area (Å²) in [5.41, 5.74) is 6.02. The van der Waals surface area contributed by atoms with E-state index in [0.29, 0.717) is 0 Å². The smallest absolute Gasteiger partial charge is 0.241 e. The van der Waals surface area contributed by atoms with Gasteiger partial charge in [0.2, 0.25) is 15.9 Å². The van der Waals surface area contributed by atoms with Gasteiger partial charge in [-0.3, -0.25) is 4.79 Å². The summed E-state index contributed by atoms with van der Waals surface area (Å²) in [6.45, 7) is 0. The minimum absolute atomic E-state index is 0.102. The van der Waals surface area contributed by atoms with Crippen LogP contribution in [-0.4, -0.2) is 20.4 Å². The fourth-order valence-electron chi connectivity index (χ4n) is 1.95. The molecule has 5 nitrogen and oxygen atoms in total. The Balaban J connectivity index is 2.24. The van der Waals surface area contributed by atoms with Crippen molar-refractivity contribution in [2.75, 3.05) is 0 Å². The minimum atomic E-state index is -4.07. The van der Waals surface area contributed by atoms with E-state index in [1.54, 1.807) is 30.3 Å². The quantitative estimate of drug-likeness (QED) is 0.827. The highest BCUT2D eigenvalue weighted by Gasteiger charge is 2.25. The molecule has 0 radical (unpaired) electrons. The molecule has 0 aliphatic carbocycles. The Morgan fingerprint density at radius 3 is 2.43 bits per heavy atom. The van der Waals surface area contributed by atoms with Crippen molar-refractivity contribution in [1.82, 2.24) is 4.72 Å². The van der Waals surface area contributed by atoms with Gasteiger partial charge in [0.1, 0.15) is 11.9 Å². The van der Waals surface area contributed by atoms with Crippen molar-refractivity contribution >= 4 is 27.5 Å². The Morgan fingerprint density at radius 2 is 1.87 bits per heavy atom. The van der Waals surface area contributed by atoms with Crippen molar-refractivity contribution < 1.29 is 17.6 Å². The van der Waals surface area contributed by atoms with Gasteiger partial charge in [0.05, 0.1) is 9.92 Å². The molecule has 2 aromatic carbocycles. The first-order chi connectivity index (χ1) is 10.8. The van der Waals surface area contributed by atoms with Gasteiger partial charge in [-0.1, -0.05) is 41.9 Å². The Bertz CT molecular complexity index is 813. The van der Waals surface area contributed by atoms with Crippen molar-refractivity contribution in [3.8, 4) is 0 Å². The second-order valence-electron chi connectivity index (χ2n) is 4.84. The third-order valence-electron chi connectivity index (χ3n) is 3.12. The molecule has 0 aliphatic heterocycles. The largest absolute Gasteiger partial charge is 0.368 e. The van der Waals surface area contributed by atoms with E-state index < -0.39 is 27.8 Å². The molecule has 0 spiro atoms. The van der Waals surface area contributed by atoms with Crippen LogP contribution >= 0.6 is 11.6 Å². The Labute approximate surface area is 138 Å². The average Bonchev–Trinajstić information content (AvgIpc) is 2.50. The van der Waals surface area contributed by atoms with E-state index in [1.165, 1.54) is 0 Å². The van der Waals surface area contributed by atoms with Crippen molar-refractivity contribution in [2.24, 2.45) is 5.73 Å². The number of hydrogen-bond acceptors (Lipinski definition) is 3. The predicted molar refractivity (Wildman–Crippen MR) is 84.9 cm³/mol. The molecule has 8 heteroatoms.